The minimum Gasteiger partial charge on any atom is -0.381 e. The molecule has 2 aliphatic rings. The van der Waals surface area contributed by atoms with Crippen LogP contribution in [0.1, 0.15) is 56.8 Å². The topological polar surface area (TPSA) is 86.0 Å². The maximum absolute atomic E-state index is 6.54. The normalized spacial score (nSPS) is 22.4. The zero-order valence-corrected chi connectivity index (χ0v) is 19.2. The quantitative estimate of drug-likeness (QED) is 0.647. The molecule has 0 radical (unpaired) electrons. The third-order valence-corrected chi connectivity index (χ3v) is 6.96. The highest BCUT2D eigenvalue weighted by Gasteiger charge is 2.20. The molecule has 0 amide bonds. The van der Waals surface area contributed by atoms with Gasteiger partial charge in [-0.05, 0) is 69.3 Å². The van der Waals surface area contributed by atoms with Gasteiger partial charge in [-0.1, -0.05) is 18.5 Å². The smallest absolute Gasteiger partial charge is 0.148 e. The van der Waals surface area contributed by atoms with Gasteiger partial charge in [0.05, 0.1) is 22.6 Å². The van der Waals surface area contributed by atoms with Gasteiger partial charge in [0.25, 0.3) is 0 Å². The van der Waals surface area contributed by atoms with E-state index in [0.29, 0.717) is 22.9 Å². The van der Waals surface area contributed by atoms with E-state index >= 15 is 0 Å². The lowest BCUT2D eigenvalue weighted by molar-refractivity contribution is 0.0699. The molecule has 2 fully saturated rings. The summed E-state index contributed by atoms with van der Waals surface area (Å²) < 4.78 is 5.47. The Balaban J connectivity index is 1.51. The largest absolute Gasteiger partial charge is 0.381 e. The first-order chi connectivity index (χ1) is 15.1. The second kappa shape index (κ2) is 10.7. The first-order valence-electron chi connectivity index (χ1n) is 11.7. The van der Waals surface area contributed by atoms with Crippen molar-refractivity contribution in [2.45, 2.75) is 64.3 Å². The van der Waals surface area contributed by atoms with E-state index in [1.165, 1.54) is 12.8 Å². The summed E-state index contributed by atoms with van der Waals surface area (Å²) in [5.74, 6) is 2.12. The average Bonchev–Trinajstić information content (AvgIpc) is 2.81. The van der Waals surface area contributed by atoms with Crippen molar-refractivity contribution in [1.82, 2.24) is 15.0 Å². The van der Waals surface area contributed by atoms with Crippen LogP contribution >= 0.6 is 11.6 Å². The van der Waals surface area contributed by atoms with Crippen LogP contribution in [-0.4, -0.2) is 40.8 Å². The lowest BCUT2D eigenvalue weighted by atomic mass is 9.83. The van der Waals surface area contributed by atoms with E-state index in [1.807, 2.05) is 6.20 Å². The summed E-state index contributed by atoms with van der Waals surface area (Å²) in [5, 5.41) is 4.16. The van der Waals surface area contributed by atoms with Crippen molar-refractivity contribution in [1.29, 1.82) is 0 Å². The average molecular weight is 444 g/mol. The molecule has 0 bridgehead atoms. The van der Waals surface area contributed by atoms with Gasteiger partial charge in [-0.25, -0.2) is 4.98 Å². The lowest BCUT2D eigenvalue weighted by Crippen LogP contribution is -2.27. The fraction of sp³-hybridized carbons (Fsp3) is 0.625. The maximum atomic E-state index is 6.54. The number of anilines is 1. The number of nitrogens with zero attached hydrogens (tertiary/aromatic N) is 3. The standard InChI is InChI=1S/C24H34ClN5O/c1-2-22-24(29-13-17-7-9-31-10-8-17)30-23(15-28-22)20-12-19(27-14-21(20)25)11-16-3-5-18(26)6-4-16/h12,14-18H,2-11,13,26H2,1H3,(H,29,30). The Bertz CT molecular complexity index is 863. The van der Waals surface area contributed by atoms with E-state index in [9.17, 15) is 0 Å². The number of halogens is 1. The van der Waals surface area contributed by atoms with Crippen LogP contribution in [-0.2, 0) is 17.6 Å². The van der Waals surface area contributed by atoms with Gasteiger partial charge in [0, 0.05) is 43.3 Å². The number of ether oxygens (including phenoxy) is 1. The fourth-order valence-electron chi connectivity index (χ4n) is 4.61. The van der Waals surface area contributed by atoms with Crippen molar-refractivity contribution in [3.63, 3.8) is 0 Å². The minimum absolute atomic E-state index is 0.365. The monoisotopic (exact) mass is 443 g/mol. The molecule has 3 heterocycles. The van der Waals surface area contributed by atoms with Gasteiger partial charge in [-0.15, -0.1) is 0 Å². The van der Waals surface area contributed by atoms with Gasteiger partial charge in [0.1, 0.15) is 5.82 Å². The molecule has 4 rings (SSSR count). The lowest BCUT2D eigenvalue weighted by Gasteiger charge is -2.25. The molecule has 6 nitrogen and oxygen atoms in total. The first kappa shape index (κ1) is 22.4. The fourth-order valence-corrected chi connectivity index (χ4v) is 4.81. The van der Waals surface area contributed by atoms with Crippen LogP contribution in [0.25, 0.3) is 11.3 Å². The molecule has 0 atom stereocenters. The number of nitrogens with one attached hydrogen (secondary N) is 1. The van der Waals surface area contributed by atoms with Gasteiger partial charge in [-0.2, -0.15) is 0 Å². The maximum Gasteiger partial charge on any atom is 0.148 e. The molecule has 0 unspecified atom stereocenters. The highest BCUT2D eigenvalue weighted by molar-refractivity contribution is 6.33. The third kappa shape index (κ3) is 5.93. The van der Waals surface area contributed by atoms with Crippen molar-refractivity contribution in [2.24, 2.45) is 17.6 Å². The molecule has 0 aromatic carbocycles. The Hall–Kier alpha value is -1.76. The summed E-state index contributed by atoms with van der Waals surface area (Å²) in [5.41, 5.74) is 9.82. The Morgan fingerprint density at radius 3 is 2.58 bits per heavy atom. The van der Waals surface area contributed by atoms with Gasteiger partial charge in [-0.3, -0.25) is 9.97 Å². The molecule has 1 aliphatic heterocycles. The predicted octanol–water partition coefficient (Wildman–Crippen LogP) is 4.65. The van der Waals surface area contributed by atoms with Crippen molar-refractivity contribution in [2.75, 3.05) is 25.1 Å². The molecule has 0 spiro atoms. The van der Waals surface area contributed by atoms with Crippen LogP contribution in [0.5, 0.6) is 0 Å². The molecular formula is C24H34ClN5O. The Morgan fingerprint density at radius 1 is 1.06 bits per heavy atom. The van der Waals surface area contributed by atoms with Gasteiger partial charge < -0.3 is 15.8 Å². The molecule has 31 heavy (non-hydrogen) atoms. The van der Waals surface area contributed by atoms with E-state index < -0.39 is 0 Å². The second-order valence-corrected chi connectivity index (χ2v) is 9.39. The molecular weight excluding hydrogens is 410 g/mol. The Morgan fingerprint density at radius 2 is 1.84 bits per heavy atom. The molecule has 2 aromatic rings. The van der Waals surface area contributed by atoms with Crippen molar-refractivity contribution in [3.8, 4) is 11.3 Å². The van der Waals surface area contributed by atoms with Gasteiger partial charge in [0.15, 0.2) is 0 Å². The van der Waals surface area contributed by atoms with Crippen LogP contribution < -0.4 is 11.1 Å². The van der Waals surface area contributed by atoms with Crippen LogP contribution in [0.4, 0.5) is 5.82 Å². The van der Waals surface area contributed by atoms with E-state index in [0.717, 1.165) is 86.7 Å². The number of hydrogen-bond acceptors (Lipinski definition) is 6. The third-order valence-electron chi connectivity index (χ3n) is 6.66. The summed E-state index contributed by atoms with van der Waals surface area (Å²) in [6.07, 6.45) is 12.1. The number of aromatic nitrogens is 3. The molecule has 3 N–H and O–H groups in total. The molecule has 2 aromatic heterocycles. The summed E-state index contributed by atoms with van der Waals surface area (Å²) >= 11 is 6.54. The number of hydrogen-bond donors (Lipinski definition) is 2. The molecule has 1 saturated carbocycles. The summed E-state index contributed by atoms with van der Waals surface area (Å²) in [7, 11) is 0. The minimum atomic E-state index is 0.365. The molecule has 7 heteroatoms. The predicted molar refractivity (Wildman–Crippen MR) is 125 cm³/mol. The van der Waals surface area contributed by atoms with E-state index in [2.05, 4.69) is 28.3 Å². The summed E-state index contributed by atoms with van der Waals surface area (Å²) in [4.78, 5) is 14.2. The zero-order chi connectivity index (χ0) is 21.6. The first-order valence-corrected chi connectivity index (χ1v) is 12.1. The van der Waals surface area contributed by atoms with Crippen molar-refractivity contribution in [3.05, 3.63) is 34.9 Å². The second-order valence-electron chi connectivity index (χ2n) is 8.98. The number of nitrogens with two attached hydrogens (primary N) is 1. The highest BCUT2D eigenvalue weighted by atomic mass is 35.5. The Kier molecular flexibility index (Phi) is 7.75. The molecule has 1 saturated heterocycles. The molecule has 1 aliphatic carbocycles. The van der Waals surface area contributed by atoms with Crippen LogP contribution in [0.3, 0.4) is 0 Å². The zero-order valence-electron chi connectivity index (χ0n) is 18.4. The SMILES string of the molecule is CCc1ncc(-c2cc(CC3CCC(N)CC3)ncc2Cl)nc1NCC1CCOCC1. The van der Waals surface area contributed by atoms with Crippen molar-refractivity contribution >= 4 is 17.4 Å². The van der Waals surface area contributed by atoms with Crippen molar-refractivity contribution < 1.29 is 4.74 Å². The van der Waals surface area contributed by atoms with E-state index in [4.69, 9.17) is 27.1 Å². The van der Waals surface area contributed by atoms with Gasteiger partial charge in [0.2, 0.25) is 0 Å². The number of pyridine rings is 1. The summed E-state index contributed by atoms with van der Waals surface area (Å²) in [6, 6.07) is 2.46. The Labute approximate surface area is 190 Å². The summed E-state index contributed by atoms with van der Waals surface area (Å²) in [6.45, 7) is 4.70. The molecule has 168 valence electrons. The van der Waals surface area contributed by atoms with E-state index in [1.54, 1.807) is 6.20 Å². The van der Waals surface area contributed by atoms with Gasteiger partial charge >= 0.3 is 0 Å². The van der Waals surface area contributed by atoms with Crippen LogP contribution in [0, 0.1) is 11.8 Å². The number of aryl methyl sites for hydroxylation is 1. The number of rotatable bonds is 7. The highest BCUT2D eigenvalue weighted by Crippen LogP contribution is 2.31. The van der Waals surface area contributed by atoms with Crippen LogP contribution in [0.2, 0.25) is 5.02 Å². The van der Waals surface area contributed by atoms with E-state index in [-0.39, 0.29) is 0 Å². The van der Waals surface area contributed by atoms with Crippen LogP contribution in [0.15, 0.2) is 18.5 Å².